The van der Waals surface area contributed by atoms with Crippen molar-refractivity contribution in [1.29, 1.82) is 0 Å². The second kappa shape index (κ2) is 6.12. The van der Waals surface area contributed by atoms with Crippen LogP contribution in [0.25, 0.3) is 0 Å². The molecule has 0 saturated heterocycles. The highest BCUT2D eigenvalue weighted by Gasteiger charge is 2.44. The third-order valence-corrected chi connectivity index (χ3v) is 5.20. The van der Waals surface area contributed by atoms with Gasteiger partial charge in [-0.1, -0.05) is 25.7 Å². The molecular weight excluding hydrogens is 256 g/mol. The standard InChI is InChI=1S/C15H26N2O3/c1-15(9-5-8-12(15)16)14(20)17-11-7-4-2-3-6-10(11)13(18)19/h10-12H,2-9,16H2,1H3,(H,17,20)(H,18,19). The average Bonchev–Trinajstić information content (AvgIpc) is 2.63. The van der Waals surface area contributed by atoms with E-state index in [0.717, 1.165) is 44.9 Å². The molecule has 4 unspecified atom stereocenters. The number of nitrogens with two attached hydrogens (primary N) is 1. The molecule has 2 rings (SSSR count). The maximum absolute atomic E-state index is 12.5. The third kappa shape index (κ3) is 2.97. The number of amides is 1. The number of hydrogen-bond donors (Lipinski definition) is 3. The topological polar surface area (TPSA) is 92.4 Å². The first-order valence-corrected chi connectivity index (χ1v) is 7.74. The Kier molecular flexibility index (Phi) is 4.68. The lowest BCUT2D eigenvalue weighted by Crippen LogP contribution is -2.52. The van der Waals surface area contributed by atoms with Crippen molar-refractivity contribution >= 4 is 11.9 Å². The van der Waals surface area contributed by atoms with Gasteiger partial charge < -0.3 is 16.2 Å². The van der Waals surface area contributed by atoms with E-state index in [4.69, 9.17) is 5.73 Å². The summed E-state index contributed by atoms with van der Waals surface area (Å²) in [4.78, 5) is 23.9. The Bertz CT molecular complexity index is 385. The summed E-state index contributed by atoms with van der Waals surface area (Å²) in [5.41, 5.74) is 5.54. The van der Waals surface area contributed by atoms with Crippen LogP contribution in [0.4, 0.5) is 0 Å². The minimum Gasteiger partial charge on any atom is -0.481 e. The molecule has 0 aromatic rings. The van der Waals surface area contributed by atoms with E-state index in [1.807, 2.05) is 6.92 Å². The number of carboxylic acids is 1. The molecule has 0 radical (unpaired) electrons. The quantitative estimate of drug-likeness (QED) is 0.686. The van der Waals surface area contributed by atoms with E-state index in [0.29, 0.717) is 6.42 Å². The molecule has 4 atom stereocenters. The molecular formula is C15H26N2O3. The van der Waals surface area contributed by atoms with Crippen LogP contribution in [0.1, 0.15) is 58.3 Å². The first-order valence-electron chi connectivity index (χ1n) is 7.74. The highest BCUT2D eigenvalue weighted by molar-refractivity contribution is 5.84. The zero-order valence-corrected chi connectivity index (χ0v) is 12.2. The molecule has 0 spiro atoms. The molecule has 0 aromatic heterocycles. The fourth-order valence-electron chi connectivity index (χ4n) is 3.58. The van der Waals surface area contributed by atoms with Crippen molar-refractivity contribution in [3.63, 3.8) is 0 Å². The van der Waals surface area contributed by atoms with Crippen LogP contribution in [0.3, 0.4) is 0 Å². The third-order valence-electron chi connectivity index (χ3n) is 5.20. The van der Waals surface area contributed by atoms with Gasteiger partial charge in [0.25, 0.3) is 0 Å². The molecule has 0 aromatic carbocycles. The molecule has 4 N–H and O–H groups in total. The number of rotatable bonds is 3. The van der Waals surface area contributed by atoms with E-state index in [-0.39, 0.29) is 18.0 Å². The van der Waals surface area contributed by atoms with E-state index >= 15 is 0 Å². The van der Waals surface area contributed by atoms with Crippen LogP contribution in [0.15, 0.2) is 0 Å². The second-order valence-corrected chi connectivity index (χ2v) is 6.58. The maximum Gasteiger partial charge on any atom is 0.308 e. The number of nitrogens with one attached hydrogen (secondary N) is 1. The largest absolute Gasteiger partial charge is 0.481 e. The molecule has 5 heteroatoms. The summed E-state index contributed by atoms with van der Waals surface area (Å²) in [7, 11) is 0. The Balaban J connectivity index is 2.06. The summed E-state index contributed by atoms with van der Waals surface area (Å²) in [6, 6.07) is -0.358. The van der Waals surface area contributed by atoms with E-state index in [1.54, 1.807) is 0 Å². The Morgan fingerprint density at radius 2 is 1.85 bits per heavy atom. The van der Waals surface area contributed by atoms with Gasteiger partial charge >= 0.3 is 5.97 Å². The summed E-state index contributed by atoms with van der Waals surface area (Å²) in [6.45, 7) is 1.91. The molecule has 0 heterocycles. The smallest absolute Gasteiger partial charge is 0.308 e. The van der Waals surface area contributed by atoms with Crippen LogP contribution in [0.5, 0.6) is 0 Å². The van der Waals surface area contributed by atoms with Crippen LogP contribution in [0, 0.1) is 11.3 Å². The van der Waals surface area contributed by atoms with E-state index in [1.165, 1.54) is 0 Å². The zero-order valence-electron chi connectivity index (χ0n) is 12.2. The first-order chi connectivity index (χ1) is 9.45. The van der Waals surface area contributed by atoms with Crippen LogP contribution in [-0.4, -0.2) is 29.1 Å². The number of carbonyl (C=O) groups excluding carboxylic acids is 1. The first kappa shape index (κ1) is 15.3. The van der Waals surface area contributed by atoms with Gasteiger partial charge in [-0.15, -0.1) is 0 Å². The molecule has 2 saturated carbocycles. The highest BCUT2D eigenvalue weighted by atomic mass is 16.4. The van der Waals surface area contributed by atoms with Crippen molar-refractivity contribution < 1.29 is 14.7 Å². The normalized spacial score (nSPS) is 38.2. The summed E-state index contributed by atoms with van der Waals surface area (Å²) in [5.74, 6) is -1.30. The number of carboxylic acid groups (broad SMARTS) is 1. The minimum absolute atomic E-state index is 0.0550. The molecule has 114 valence electrons. The molecule has 0 bridgehead atoms. The van der Waals surface area contributed by atoms with Crippen LogP contribution >= 0.6 is 0 Å². The Hall–Kier alpha value is -1.10. The van der Waals surface area contributed by atoms with Gasteiger partial charge in [-0.3, -0.25) is 9.59 Å². The molecule has 0 aliphatic heterocycles. The van der Waals surface area contributed by atoms with Crippen LogP contribution in [0.2, 0.25) is 0 Å². The predicted molar refractivity (Wildman–Crippen MR) is 76.1 cm³/mol. The summed E-state index contributed by atoms with van der Waals surface area (Å²) in [6.07, 6.45) is 7.02. The fourth-order valence-corrected chi connectivity index (χ4v) is 3.58. The van der Waals surface area contributed by atoms with Crippen molar-refractivity contribution in [2.24, 2.45) is 17.1 Å². The van der Waals surface area contributed by atoms with Gasteiger partial charge in [0.05, 0.1) is 11.3 Å². The van der Waals surface area contributed by atoms with E-state index in [9.17, 15) is 14.7 Å². The molecule has 2 fully saturated rings. The highest BCUT2D eigenvalue weighted by Crippen LogP contribution is 2.37. The lowest BCUT2D eigenvalue weighted by Gasteiger charge is -2.31. The van der Waals surface area contributed by atoms with Crippen molar-refractivity contribution in [3.8, 4) is 0 Å². The minimum atomic E-state index is -0.793. The predicted octanol–water partition coefficient (Wildman–Crippen LogP) is 1.65. The van der Waals surface area contributed by atoms with Gasteiger partial charge in [0.1, 0.15) is 0 Å². The number of aliphatic carboxylic acids is 1. The lowest BCUT2D eigenvalue weighted by atomic mass is 9.83. The summed E-state index contributed by atoms with van der Waals surface area (Å²) < 4.78 is 0. The summed E-state index contributed by atoms with van der Waals surface area (Å²) in [5, 5.41) is 12.4. The van der Waals surface area contributed by atoms with Gasteiger partial charge in [-0.2, -0.15) is 0 Å². The van der Waals surface area contributed by atoms with Crippen molar-refractivity contribution in [2.75, 3.05) is 0 Å². The van der Waals surface area contributed by atoms with Gasteiger partial charge in [0.2, 0.25) is 5.91 Å². The van der Waals surface area contributed by atoms with Crippen molar-refractivity contribution in [1.82, 2.24) is 5.32 Å². The monoisotopic (exact) mass is 282 g/mol. The Labute approximate surface area is 120 Å². The van der Waals surface area contributed by atoms with E-state index < -0.39 is 17.3 Å². The molecule has 2 aliphatic rings. The Morgan fingerprint density at radius 3 is 2.45 bits per heavy atom. The van der Waals surface area contributed by atoms with Crippen molar-refractivity contribution in [2.45, 2.75) is 70.4 Å². The lowest BCUT2D eigenvalue weighted by molar-refractivity contribution is -0.143. The van der Waals surface area contributed by atoms with Crippen molar-refractivity contribution in [3.05, 3.63) is 0 Å². The van der Waals surface area contributed by atoms with E-state index in [2.05, 4.69) is 5.32 Å². The van der Waals surface area contributed by atoms with Gasteiger partial charge in [-0.05, 0) is 32.6 Å². The fraction of sp³-hybridized carbons (Fsp3) is 0.867. The van der Waals surface area contributed by atoms with Gasteiger partial charge in [0, 0.05) is 12.1 Å². The maximum atomic E-state index is 12.5. The van der Waals surface area contributed by atoms with Gasteiger partial charge in [-0.25, -0.2) is 0 Å². The Morgan fingerprint density at radius 1 is 1.15 bits per heavy atom. The van der Waals surface area contributed by atoms with Crippen LogP contribution < -0.4 is 11.1 Å². The molecule has 20 heavy (non-hydrogen) atoms. The molecule has 2 aliphatic carbocycles. The number of hydrogen-bond acceptors (Lipinski definition) is 3. The SMILES string of the molecule is CC1(C(=O)NC2CCCCCC2C(=O)O)CCCC1N. The summed E-state index contributed by atoms with van der Waals surface area (Å²) >= 11 is 0. The molecule has 1 amide bonds. The number of carbonyl (C=O) groups is 2. The van der Waals surface area contributed by atoms with Crippen LogP contribution in [-0.2, 0) is 9.59 Å². The zero-order chi connectivity index (χ0) is 14.8. The van der Waals surface area contributed by atoms with Gasteiger partial charge in [0.15, 0.2) is 0 Å². The average molecular weight is 282 g/mol. The molecule has 5 nitrogen and oxygen atoms in total. The second-order valence-electron chi connectivity index (χ2n) is 6.58.